The zero-order chi connectivity index (χ0) is 18.7. The Hall–Kier alpha value is -2.09. The smallest absolute Gasteiger partial charge is 0.329 e. The van der Waals surface area contributed by atoms with Crippen molar-refractivity contribution in [3.8, 4) is 0 Å². The maximum absolute atomic E-state index is 12.5. The highest BCUT2D eigenvalue weighted by atomic mass is 35.5. The number of benzene rings is 1. The fraction of sp³-hybridized carbons (Fsp3) is 0.312. The molecule has 1 heterocycles. The van der Waals surface area contributed by atoms with Gasteiger partial charge in [-0.1, -0.05) is 29.3 Å². The largest absolute Gasteiger partial charge is 0.384 e. The lowest BCUT2D eigenvalue weighted by atomic mass is 10.1. The lowest BCUT2D eigenvalue weighted by Crippen LogP contribution is -3.08. The molecule has 9 heteroatoms. The van der Waals surface area contributed by atoms with Crippen LogP contribution in [0.5, 0.6) is 0 Å². The van der Waals surface area contributed by atoms with Crippen LogP contribution in [0.2, 0.25) is 10.0 Å². The summed E-state index contributed by atoms with van der Waals surface area (Å²) in [7, 11) is 1.81. The summed E-state index contributed by atoms with van der Waals surface area (Å²) in [5.41, 5.74) is 5.17. The summed E-state index contributed by atoms with van der Waals surface area (Å²) in [5, 5.41) is 0.897. The molecule has 7 nitrogen and oxygen atoms in total. The van der Waals surface area contributed by atoms with Gasteiger partial charge >= 0.3 is 5.69 Å². The standard InChI is InChI=1S/C16H18Cl2N4O3/c1-3-22-14(19)13(15(24)20-16(22)25)12(23)8-21(2)7-9-4-5-10(17)11(18)6-9/h4-6H,3,7-8,19H2,1-2H3,(H,20,24,25)/p+1. The molecule has 0 bridgehead atoms. The van der Waals surface area contributed by atoms with E-state index in [1.165, 1.54) is 0 Å². The average Bonchev–Trinajstić information content (AvgIpc) is 2.50. The molecule has 0 aliphatic rings. The monoisotopic (exact) mass is 385 g/mol. The zero-order valence-electron chi connectivity index (χ0n) is 13.9. The minimum absolute atomic E-state index is 0.0371. The first-order valence-corrected chi connectivity index (χ1v) is 8.41. The molecule has 1 aromatic carbocycles. The highest BCUT2D eigenvalue weighted by Crippen LogP contribution is 2.22. The van der Waals surface area contributed by atoms with Crippen molar-refractivity contribution in [2.24, 2.45) is 0 Å². The molecule has 0 spiro atoms. The SMILES string of the molecule is CCn1c(N)c(C(=O)C[NH+](C)Cc2ccc(Cl)c(Cl)c2)c(=O)[nH]c1=O. The summed E-state index contributed by atoms with van der Waals surface area (Å²) in [6, 6.07) is 5.24. The van der Waals surface area contributed by atoms with Crippen molar-refractivity contribution >= 4 is 34.8 Å². The predicted octanol–water partition coefficient (Wildman–Crippen LogP) is 0.343. The number of nitrogens with zero attached hydrogens (tertiary/aromatic N) is 1. The van der Waals surface area contributed by atoms with Gasteiger partial charge in [0.25, 0.3) is 5.56 Å². The Bertz CT molecular complexity index is 921. The number of H-pyrrole nitrogens is 1. The number of nitrogens with two attached hydrogens (primary N) is 1. The van der Waals surface area contributed by atoms with Crippen LogP contribution < -0.4 is 21.9 Å². The number of carbonyl (C=O) groups is 1. The molecule has 0 aliphatic carbocycles. The number of hydrogen-bond donors (Lipinski definition) is 3. The second kappa shape index (κ2) is 7.86. The number of quaternary nitrogens is 1. The Labute approximate surface area is 154 Å². The van der Waals surface area contributed by atoms with Gasteiger partial charge in [0.2, 0.25) is 5.78 Å². The zero-order valence-corrected chi connectivity index (χ0v) is 15.4. The number of rotatable bonds is 6. The van der Waals surface area contributed by atoms with Crippen molar-refractivity contribution in [2.45, 2.75) is 20.0 Å². The molecular weight excluding hydrogens is 367 g/mol. The van der Waals surface area contributed by atoms with Crippen LogP contribution in [0.3, 0.4) is 0 Å². The van der Waals surface area contributed by atoms with Gasteiger partial charge < -0.3 is 10.6 Å². The summed E-state index contributed by atoms with van der Waals surface area (Å²) in [4.78, 5) is 39.1. The van der Waals surface area contributed by atoms with Crippen LogP contribution >= 0.6 is 23.2 Å². The number of Topliss-reactive ketones (excluding diaryl/α,β-unsaturated/α-hetero) is 1. The fourth-order valence-electron chi connectivity index (χ4n) is 2.59. The molecule has 4 N–H and O–H groups in total. The molecule has 2 aromatic rings. The molecule has 1 aromatic heterocycles. The Morgan fingerprint density at radius 2 is 1.96 bits per heavy atom. The molecule has 1 atom stereocenters. The van der Waals surface area contributed by atoms with Crippen LogP contribution in [0.25, 0.3) is 0 Å². The van der Waals surface area contributed by atoms with Gasteiger partial charge in [-0.2, -0.15) is 0 Å². The van der Waals surface area contributed by atoms with Crippen molar-refractivity contribution in [3.05, 3.63) is 60.2 Å². The number of anilines is 1. The maximum Gasteiger partial charge on any atom is 0.329 e. The van der Waals surface area contributed by atoms with Gasteiger partial charge in [-0.25, -0.2) is 4.79 Å². The summed E-state index contributed by atoms with van der Waals surface area (Å²) >= 11 is 11.9. The van der Waals surface area contributed by atoms with E-state index in [9.17, 15) is 14.4 Å². The van der Waals surface area contributed by atoms with Gasteiger partial charge in [0, 0.05) is 12.1 Å². The molecule has 0 saturated heterocycles. The topological polar surface area (TPSA) is 102 Å². The number of nitrogens with one attached hydrogen (secondary N) is 2. The van der Waals surface area contributed by atoms with Crippen molar-refractivity contribution in [1.29, 1.82) is 0 Å². The first-order valence-electron chi connectivity index (χ1n) is 7.65. The van der Waals surface area contributed by atoms with Crippen LogP contribution in [0.15, 0.2) is 27.8 Å². The fourth-order valence-corrected chi connectivity index (χ4v) is 2.91. The molecule has 0 aliphatic heterocycles. The van der Waals surface area contributed by atoms with E-state index in [2.05, 4.69) is 4.98 Å². The summed E-state index contributed by atoms with van der Waals surface area (Å²) in [6.45, 7) is 2.50. The summed E-state index contributed by atoms with van der Waals surface area (Å²) in [6.07, 6.45) is 0. The van der Waals surface area contributed by atoms with E-state index in [0.29, 0.717) is 16.6 Å². The number of ketones is 1. The molecule has 25 heavy (non-hydrogen) atoms. The number of carbonyl (C=O) groups excluding carboxylic acids is 1. The van der Waals surface area contributed by atoms with Crippen LogP contribution in [0.4, 0.5) is 5.82 Å². The second-order valence-electron chi connectivity index (χ2n) is 5.75. The minimum Gasteiger partial charge on any atom is -0.384 e. The van der Waals surface area contributed by atoms with Gasteiger partial charge in [0.15, 0.2) is 0 Å². The molecule has 2 rings (SSSR count). The number of halogens is 2. The van der Waals surface area contributed by atoms with Crippen LogP contribution in [0, 0.1) is 0 Å². The summed E-state index contributed by atoms with van der Waals surface area (Å²) in [5.74, 6) is -0.540. The Balaban J connectivity index is 2.20. The number of likely N-dealkylation sites (N-methyl/N-ethyl adjacent to an activating group) is 1. The lowest BCUT2D eigenvalue weighted by Gasteiger charge is -2.15. The van der Waals surface area contributed by atoms with E-state index < -0.39 is 17.0 Å². The Morgan fingerprint density at radius 1 is 1.28 bits per heavy atom. The quantitative estimate of drug-likeness (QED) is 0.624. The van der Waals surface area contributed by atoms with Gasteiger partial charge in [-0.05, 0) is 19.1 Å². The third-order valence-electron chi connectivity index (χ3n) is 3.79. The van der Waals surface area contributed by atoms with E-state index in [1.807, 2.05) is 6.07 Å². The number of nitrogen functional groups attached to an aromatic ring is 1. The Morgan fingerprint density at radius 3 is 2.56 bits per heavy atom. The van der Waals surface area contributed by atoms with Crippen LogP contribution in [-0.2, 0) is 13.1 Å². The third-order valence-corrected chi connectivity index (χ3v) is 4.53. The maximum atomic E-state index is 12.5. The molecule has 0 amide bonds. The lowest BCUT2D eigenvalue weighted by molar-refractivity contribution is -0.884. The molecule has 0 fully saturated rings. The van der Waals surface area contributed by atoms with E-state index in [0.717, 1.165) is 15.0 Å². The normalized spacial score (nSPS) is 12.2. The number of hydrogen-bond acceptors (Lipinski definition) is 4. The highest BCUT2D eigenvalue weighted by molar-refractivity contribution is 6.42. The van der Waals surface area contributed by atoms with E-state index in [1.54, 1.807) is 26.1 Å². The van der Waals surface area contributed by atoms with Gasteiger partial charge in [-0.15, -0.1) is 0 Å². The number of aromatic amines is 1. The number of aromatic nitrogens is 2. The van der Waals surface area contributed by atoms with Gasteiger partial charge in [0.1, 0.15) is 24.5 Å². The molecule has 1 unspecified atom stereocenters. The second-order valence-corrected chi connectivity index (χ2v) is 6.56. The Kier molecular flexibility index (Phi) is 6.05. The van der Waals surface area contributed by atoms with E-state index >= 15 is 0 Å². The third kappa shape index (κ3) is 4.31. The first kappa shape index (κ1) is 19.2. The van der Waals surface area contributed by atoms with Crippen molar-refractivity contribution in [2.75, 3.05) is 19.3 Å². The molecule has 134 valence electrons. The van der Waals surface area contributed by atoms with Crippen molar-refractivity contribution < 1.29 is 9.69 Å². The van der Waals surface area contributed by atoms with Crippen molar-refractivity contribution in [3.63, 3.8) is 0 Å². The molecule has 0 saturated carbocycles. The molecule has 0 radical (unpaired) electrons. The van der Waals surface area contributed by atoms with E-state index in [-0.39, 0.29) is 24.5 Å². The van der Waals surface area contributed by atoms with Crippen molar-refractivity contribution in [1.82, 2.24) is 9.55 Å². The van der Waals surface area contributed by atoms with Gasteiger partial charge in [0.05, 0.1) is 17.1 Å². The average molecular weight is 386 g/mol. The van der Waals surface area contributed by atoms with Crippen LogP contribution in [0.1, 0.15) is 22.8 Å². The van der Waals surface area contributed by atoms with Crippen LogP contribution in [-0.4, -0.2) is 28.9 Å². The van der Waals surface area contributed by atoms with Gasteiger partial charge in [-0.3, -0.25) is 19.1 Å². The minimum atomic E-state index is -0.764. The molecular formula is C16H19Cl2N4O3+. The predicted molar refractivity (Wildman–Crippen MR) is 97.7 cm³/mol. The van der Waals surface area contributed by atoms with E-state index in [4.69, 9.17) is 28.9 Å². The highest BCUT2D eigenvalue weighted by Gasteiger charge is 2.22. The first-order chi connectivity index (χ1) is 11.7. The summed E-state index contributed by atoms with van der Waals surface area (Å²) < 4.78 is 1.16.